The number of aryl methyl sites for hydroxylation is 1. The third-order valence-electron chi connectivity index (χ3n) is 5.12. The van der Waals surface area contributed by atoms with Gasteiger partial charge in [-0.25, -0.2) is 9.59 Å². The minimum atomic E-state index is -5.08. The number of methoxy groups -OCH3 is 1. The molecule has 2 saturated heterocycles. The molecule has 3 heterocycles. The highest BCUT2D eigenvalue weighted by molar-refractivity contribution is 7.10. The molecule has 1 aromatic heterocycles. The summed E-state index contributed by atoms with van der Waals surface area (Å²) in [4.78, 5) is 24.4. The molecular weight excluding hydrogens is 510 g/mol. The van der Waals surface area contributed by atoms with Crippen LogP contribution in [0.25, 0.3) is 0 Å². The second-order valence-electron chi connectivity index (χ2n) is 7.79. The minimum Gasteiger partial charge on any atom is -0.475 e. The average Bonchev–Trinajstić information content (AvgIpc) is 3.25. The van der Waals surface area contributed by atoms with E-state index >= 15 is 0 Å². The Kier molecular flexibility index (Phi) is 12.4. The molecule has 202 valence electrons. The summed E-state index contributed by atoms with van der Waals surface area (Å²) < 4.78 is 74.8. The summed E-state index contributed by atoms with van der Waals surface area (Å²) in [7, 11) is 1.78. The molecule has 0 aromatic carbocycles. The Morgan fingerprint density at radius 3 is 2.09 bits per heavy atom. The number of hydrogen-bond acceptors (Lipinski definition) is 7. The van der Waals surface area contributed by atoms with E-state index in [0.717, 1.165) is 52.5 Å². The first-order chi connectivity index (χ1) is 16.1. The average molecular weight is 539 g/mol. The molecule has 1 aromatic rings. The number of carboxylic acid groups (broad SMARTS) is 2. The van der Waals surface area contributed by atoms with Crippen LogP contribution in [0, 0.1) is 12.8 Å². The molecule has 3 rings (SSSR count). The Hall–Kier alpha value is -1.94. The Balaban J connectivity index is 0.000000362. The van der Waals surface area contributed by atoms with Crippen LogP contribution in [0.3, 0.4) is 0 Å². The molecule has 0 spiro atoms. The Morgan fingerprint density at radius 2 is 1.63 bits per heavy atom. The van der Waals surface area contributed by atoms with Crippen LogP contribution in [0.5, 0.6) is 0 Å². The molecule has 8 nitrogen and oxygen atoms in total. The van der Waals surface area contributed by atoms with Gasteiger partial charge in [0.2, 0.25) is 0 Å². The molecule has 0 aliphatic carbocycles. The molecule has 2 atom stereocenters. The fourth-order valence-corrected chi connectivity index (χ4v) is 4.32. The van der Waals surface area contributed by atoms with Crippen molar-refractivity contribution in [3.63, 3.8) is 0 Å². The largest absolute Gasteiger partial charge is 0.490 e. The summed E-state index contributed by atoms with van der Waals surface area (Å²) in [6.07, 6.45) is -9.75. The lowest BCUT2D eigenvalue weighted by molar-refractivity contribution is -0.193. The van der Waals surface area contributed by atoms with Gasteiger partial charge in [0.05, 0.1) is 19.3 Å². The highest BCUT2D eigenvalue weighted by Gasteiger charge is 2.39. The van der Waals surface area contributed by atoms with Crippen molar-refractivity contribution < 1.29 is 55.6 Å². The molecule has 15 heteroatoms. The SMILES string of the molecule is COCCN1CCO[C@@H]2CN(Cc3sccc3C)C[C@@H]2C1.O=C(O)C(F)(F)F.O=C(O)C(F)(F)F. The van der Waals surface area contributed by atoms with Crippen molar-refractivity contribution in [2.24, 2.45) is 5.92 Å². The Labute approximate surface area is 202 Å². The number of nitrogens with zero attached hydrogens (tertiary/aromatic N) is 2. The van der Waals surface area contributed by atoms with Gasteiger partial charge in [-0.05, 0) is 23.9 Å². The van der Waals surface area contributed by atoms with Crippen LogP contribution in [-0.4, -0.2) is 103 Å². The first-order valence-electron chi connectivity index (χ1n) is 10.3. The molecular formula is C20H28F6N2O6S. The molecule has 0 unspecified atom stereocenters. The molecule has 0 radical (unpaired) electrons. The molecule has 2 fully saturated rings. The first kappa shape index (κ1) is 31.1. The summed E-state index contributed by atoms with van der Waals surface area (Å²) >= 11 is 1.88. The van der Waals surface area contributed by atoms with E-state index in [4.69, 9.17) is 29.3 Å². The van der Waals surface area contributed by atoms with E-state index in [2.05, 4.69) is 28.2 Å². The number of carbonyl (C=O) groups is 2. The van der Waals surface area contributed by atoms with Gasteiger partial charge in [-0.3, -0.25) is 9.80 Å². The van der Waals surface area contributed by atoms with Gasteiger partial charge in [-0.1, -0.05) is 0 Å². The van der Waals surface area contributed by atoms with E-state index in [-0.39, 0.29) is 0 Å². The van der Waals surface area contributed by atoms with E-state index < -0.39 is 24.3 Å². The molecule has 0 amide bonds. The van der Waals surface area contributed by atoms with Gasteiger partial charge in [-0.15, -0.1) is 11.3 Å². The number of thiophene rings is 1. The second-order valence-corrected chi connectivity index (χ2v) is 8.79. The predicted molar refractivity (Wildman–Crippen MR) is 113 cm³/mol. The maximum absolute atomic E-state index is 10.6. The molecule has 0 saturated carbocycles. The van der Waals surface area contributed by atoms with Gasteiger partial charge in [-0.2, -0.15) is 26.3 Å². The Morgan fingerprint density at radius 1 is 1.09 bits per heavy atom. The number of hydrogen-bond donors (Lipinski definition) is 2. The van der Waals surface area contributed by atoms with E-state index in [1.807, 2.05) is 11.3 Å². The van der Waals surface area contributed by atoms with Crippen LogP contribution < -0.4 is 0 Å². The van der Waals surface area contributed by atoms with Crippen LogP contribution in [0.15, 0.2) is 11.4 Å². The lowest BCUT2D eigenvalue weighted by Crippen LogP contribution is -2.34. The number of ether oxygens (including phenoxy) is 2. The van der Waals surface area contributed by atoms with Crippen molar-refractivity contribution in [3.8, 4) is 0 Å². The van der Waals surface area contributed by atoms with Crippen LogP contribution in [0.1, 0.15) is 10.4 Å². The minimum absolute atomic E-state index is 0.415. The number of aliphatic carboxylic acids is 2. The van der Waals surface area contributed by atoms with Crippen LogP contribution >= 0.6 is 11.3 Å². The van der Waals surface area contributed by atoms with Crippen LogP contribution in [-0.2, 0) is 25.6 Å². The standard InChI is InChI=1S/C16H26N2O2S.2C2HF3O2/c1-13-3-8-21-16(13)12-18-10-14-9-17(4-6-19-2)5-7-20-15(14)11-18;2*3-2(4,5)1(6)7/h3,8,14-15H,4-7,9-12H2,1-2H3;2*(H,6,7)/t14-,15+;;/m0../s1. The van der Waals surface area contributed by atoms with Gasteiger partial charge < -0.3 is 19.7 Å². The first-order valence-corrected chi connectivity index (χ1v) is 11.2. The molecule has 35 heavy (non-hydrogen) atoms. The third-order valence-corrected chi connectivity index (χ3v) is 6.13. The summed E-state index contributed by atoms with van der Waals surface area (Å²) in [5.41, 5.74) is 1.43. The van der Waals surface area contributed by atoms with Crippen LogP contribution in [0.2, 0.25) is 0 Å². The third kappa shape index (κ3) is 11.6. The number of carboxylic acids is 2. The number of likely N-dealkylation sites (tertiary alicyclic amines) is 1. The van der Waals surface area contributed by atoms with E-state index in [9.17, 15) is 26.3 Å². The van der Waals surface area contributed by atoms with Gasteiger partial charge in [0.25, 0.3) is 0 Å². The smallest absolute Gasteiger partial charge is 0.475 e. The normalized spacial score (nSPS) is 21.1. The lowest BCUT2D eigenvalue weighted by atomic mass is 10.1. The number of rotatable bonds is 5. The van der Waals surface area contributed by atoms with Crippen molar-refractivity contribution >= 4 is 23.3 Å². The van der Waals surface area contributed by atoms with Crippen molar-refractivity contribution in [2.45, 2.75) is 31.9 Å². The summed E-state index contributed by atoms with van der Waals surface area (Å²) in [5.74, 6) is -4.87. The zero-order valence-corrected chi connectivity index (χ0v) is 19.9. The maximum atomic E-state index is 10.6. The number of alkyl halides is 6. The Bertz CT molecular complexity index is 778. The van der Waals surface area contributed by atoms with Crippen molar-refractivity contribution in [1.82, 2.24) is 9.80 Å². The van der Waals surface area contributed by atoms with Crippen molar-refractivity contribution in [2.75, 3.05) is 53.0 Å². The summed E-state index contributed by atoms with van der Waals surface area (Å²) in [5, 5.41) is 16.4. The number of halogens is 6. The van der Waals surface area contributed by atoms with Gasteiger partial charge in [0.15, 0.2) is 0 Å². The quantitative estimate of drug-likeness (QED) is 0.552. The fraction of sp³-hybridized carbons (Fsp3) is 0.700. The van der Waals surface area contributed by atoms with E-state index in [1.165, 1.54) is 10.4 Å². The van der Waals surface area contributed by atoms with Gasteiger partial charge >= 0.3 is 24.3 Å². The zero-order chi connectivity index (χ0) is 26.8. The molecule has 2 aliphatic rings. The zero-order valence-electron chi connectivity index (χ0n) is 19.1. The van der Waals surface area contributed by atoms with Crippen molar-refractivity contribution in [1.29, 1.82) is 0 Å². The maximum Gasteiger partial charge on any atom is 0.490 e. The molecule has 2 aliphatic heterocycles. The van der Waals surface area contributed by atoms with Gasteiger partial charge in [0.1, 0.15) is 0 Å². The highest BCUT2D eigenvalue weighted by atomic mass is 32.1. The number of fused-ring (bicyclic) bond motifs is 1. The topological polar surface area (TPSA) is 99.5 Å². The van der Waals surface area contributed by atoms with Crippen molar-refractivity contribution in [3.05, 3.63) is 21.9 Å². The second kappa shape index (κ2) is 14.0. The van der Waals surface area contributed by atoms with Crippen LogP contribution in [0.4, 0.5) is 26.3 Å². The predicted octanol–water partition coefficient (Wildman–Crippen LogP) is 3.10. The monoisotopic (exact) mass is 538 g/mol. The highest BCUT2D eigenvalue weighted by Crippen LogP contribution is 2.27. The lowest BCUT2D eigenvalue weighted by Gasteiger charge is -2.23. The van der Waals surface area contributed by atoms with Gasteiger partial charge in [0, 0.05) is 57.2 Å². The summed E-state index contributed by atoms with van der Waals surface area (Å²) in [6.45, 7) is 10.4. The molecule has 0 bridgehead atoms. The van der Waals surface area contributed by atoms with E-state index in [1.54, 1.807) is 7.11 Å². The summed E-state index contributed by atoms with van der Waals surface area (Å²) in [6, 6.07) is 2.22. The molecule has 2 N–H and O–H groups in total. The van der Waals surface area contributed by atoms with E-state index in [0.29, 0.717) is 12.0 Å². The fourth-order valence-electron chi connectivity index (χ4n) is 3.37.